The van der Waals surface area contributed by atoms with E-state index in [9.17, 15) is 14.4 Å². The minimum Gasteiger partial charge on any atom is -0.490 e. The Morgan fingerprint density at radius 2 is 0.722 bits per heavy atom. The van der Waals surface area contributed by atoms with Gasteiger partial charge in [0.25, 0.3) is 0 Å². The first-order valence-electron chi connectivity index (χ1n) is 37.0. The summed E-state index contributed by atoms with van der Waals surface area (Å²) in [7, 11) is -4.41. The van der Waals surface area contributed by atoms with Crippen LogP contribution in [0.5, 0.6) is 17.2 Å². The van der Waals surface area contributed by atoms with Crippen LogP contribution in [-0.4, -0.2) is 115 Å². The second kappa shape index (κ2) is 50.1. The largest absolute Gasteiger partial charge is 0.490 e. The van der Waals surface area contributed by atoms with Crippen molar-refractivity contribution in [1.29, 1.82) is 0 Å². The molecule has 0 fully saturated rings. The van der Waals surface area contributed by atoms with E-state index in [2.05, 4.69) is 135 Å². The summed E-state index contributed by atoms with van der Waals surface area (Å²) in [6, 6.07) is 3.83. The Labute approximate surface area is 558 Å². The van der Waals surface area contributed by atoms with E-state index in [4.69, 9.17) is 38.3 Å². The maximum atomic E-state index is 13.0. The van der Waals surface area contributed by atoms with Gasteiger partial charge in [0, 0.05) is 25.4 Å². The molecule has 0 aliphatic carbocycles. The van der Waals surface area contributed by atoms with E-state index in [0.29, 0.717) is 91.6 Å². The second-order valence-corrected chi connectivity index (χ2v) is 44.6. The summed E-state index contributed by atoms with van der Waals surface area (Å²) in [6.07, 6.45) is 31.5. The fourth-order valence-corrected chi connectivity index (χ4v) is 30.0. The Morgan fingerprint density at radius 1 is 0.400 bits per heavy atom. The van der Waals surface area contributed by atoms with Crippen LogP contribution in [0.2, 0.25) is 33.2 Å². The number of ether oxygens (including phenoxy) is 5. The number of rotatable bonds is 59. The number of hydrogen-bond donors (Lipinski definition) is 3. The SMILES string of the molecule is CC(C)[Si](OCCCCCCCCCCCOc1c(COC(=O)CNC(=O)CNC(=O)CN)ccc(OCCCCCCCCCCCOCS(C(C)C)(C(C)C)C(C)C)c1OCCCCCCCCCCCO[Si](C(C)C)(C(C)C)C(C)C)(C(C)C)C(C)C. The van der Waals surface area contributed by atoms with Crippen LogP contribution in [0.3, 0.4) is 0 Å². The molecule has 0 spiro atoms. The number of carbonyl (C=O) groups excluding carboxylic acids is 3. The van der Waals surface area contributed by atoms with Crippen LogP contribution < -0.4 is 30.6 Å². The van der Waals surface area contributed by atoms with E-state index in [0.717, 1.165) is 96.4 Å². The van der Waals surface area contributed by atoms with Gasteiger partial charge >= 0.3 is 5.97 Å². The van der Waals surface area contributed by atoms with Gasteiger partial charge in [-0.05, 0) is 99.7 Å². The quantitative estimate of drug-likeness (QED) is 0.0323. The number of hydrogen-bond acceptors (Lipinski definition) is 11. The molecule has 1 rings (SSSR count). The van der Waals surface area contributed by atoms with Crippen molar-refractivity contribution in [3.05, 3.63) is 17.7 Å². The van der Waals surface area contributed by atoms with Crippen LogP contribution >= 0.6 is 10.0 Å². The molecule has 0 atom stereocenters. The molecule has 1 aromatic carbocycles. The van der Waals surface area contributed by atoms with Crippen molar-refractivity contribution < 1.29 is 46.9 Å². The van der Waals surface area contributed by atoms with Crippen molar-refractivity contribution in [3.63, 3.8) is 0 Å². The first-order chi connectivity index (χ1) is 42.9. The minimum absolute atomic E-state index is 0.0692. The maximum absolute atomic E-state index is 13.0. The zero-order valence-corrected chi connectivity index (χ0v) is 64.6. The number of esters is 1. The van der Waals surface area contributed by atoms with Gasteiger partial charge < -0.3 is 48.9 Å². The number of carbonyl (C=O) groups is 3. The third-order valence-corrected chi connectivity index (χ3v) is 37.5. The fourth-order valence-electron chi connectivity index (χ4n) is 14.5. The minimum atomic E-state index is -1.80. The van der Waals surface area contributed by atoms with Gasteiger partial charge in [-0.3, -0.25) is 14.4 Å². The first kappa shape index (κ1) is 85.7. The van der Waals surface area contributed by atoms with Crippen LogP contribution in [-0.2, 0) is 39.3 Å². The molecular formula is C74H145N3O10SSi2. The molecule has 1 aromatic rings. The van der Waals surface area contributed by atoms with Crippen molar-refractivity contribution in [2.75, 3.05) is 65.2 Å². The van der Waals surface area contributed by atoms with Crippen molar-refractivity contribution in [1.82, 2.24) is 10.6 Å². The van der Waals surface area contributed by atoms with E-state index in [1.165, 1.54) is 103 Å². The van der Waals surface area contributed by atoms with Crippen molar-refractivity contribution in [2.45, 2.75) is 354 Å². The van der Waals surface area contributed by atoms with Gasteiger partial charge in [-0.15, -0.1) is 0 Å². The van der Waals surface area contributed by atoms with Gasteiger partial charge in [-0.2, -0.15) is 0 Å². The summed E-state index contributed by atoms with van der Waals surface area (Å²) < 4.78 is 45.7. The van der Waals surface area contributed by atoms with Crippen LogP contribution in [0.25, 0.3) is 0 Å². The summed E-state index contributed by atoms with van der Waals surface area (Å²) in [5.74, 6) is 1.11. The molecule has 0 radical (unpaired) electrons. The molecule has 4 N–H and O–H groups in total. The Balaban J connectivity index is 2.99. The maximum Gasteiger partial charge on any atom is 0.325 e. The molecule has 0 saturated heterocycles. The summed E-state index contributed by atoms with van der Waals surface area (Å²) in [5, 5.41) is 6.97. The van der Waals surface area contributed by atoms with Gasteiger partial charge in [0.05, 0.1) is 38.8 Å². The van der Waals surface area contributed by atoms with Gasteiger partial charge in [-0.1, -0.05) is 259 Å². The molecule has 90 heavy (non-hydrogen) atoms. The van der Waals surface area contributed by atoms with Crippen molar-refractivity contribution in [3.8, 4) is 17.2 Å². The highest BCUT2D eigenvalue weighted by Gasteiger charge is 2.46. The molecule has 0 aliphatic heterocycles. The molecule has 0 aliphatic rings. The lowest BCUT2D eigenvalue weighted by molar-refractivity contribution is -0.145. The molecule has 0 bridgehead atoms. The van der Waals surface area contributed by atoms with Crippen molar-refractivity contribution >= 4 is 44.4 Å². The lowest BCUT2D eigenvalue weighted by Crippen LogP contribution is -2.47. The highest BCUT2D eigenvalue weighted by Crippen LogP contribution is 2.60. The Bertz CT molecular complexity index is 1920. The molecule has 16 heteroatoms. The standard InChI is InChI=1S/C74H145N3O10SSi2/c1-59(2)88(60(3)4,61(5)6)58-81-48-40-34-28-22-19-23-29-35-41-49-82-69-47-46-68(57-85-72(80)56-77-71(79)55-76-70(78)54-75)73(83-50-42-36-30-24-20-26-32-38-44-52-86-89(62(7)8,63(9)10)64(11)12)74(69)84-51-43-37-31-25-21-27-33-39-45-53-87-90(65(13)14,66(15)16)67(17)18/h46-47,59-67H,19-45,48-58,75H2,1-18H3,(H,76,78)(H,77,79). The highest BCUT2D eigenvalue weighted by molar-refractivity contribution is 8.34. The smallest absolute Gasteiger partial charge is 0.325 e. The van der Waals surface area contributed by atoms with Crippen LogP contribution in [0.15, 0.2) is 12.1 Å². The molecule has 0 heterocycles. The molecule has 530 valence electrons. The molecular weight excluding hydrogens is 1180 g/mol. The van der Waals surface area contributed by atoms with Gasteiger partial charge in [0.15, 0.2) is 28.1 Å². The highest BCUT2D eigenvalue weighted by atomic mass is 32.3. The number of unbranched alkanes of at least 4 members (excludes halogenated alkanes) is 24. The van der Waals surface area contributed by atoms with E-state index in [-0.39, 0.29) is 26.2 Å². The lowest BCUT2D eigenvalue weighted by atomic mass is 10.1. The number of amides is 2. The Hall–Kier alpha value is -2.35. The third kappa shape index (κ3) is 32.4. The Morgan fingerprint density at radius 3 is 1.08 bits per heavy atom. The van der Waals surface area contributed by atoms with Crippen LogP contribution in [0, 0.1) is 0 Å². The van der Waals surface area contributed by atoms with Crippen LogP contribution in [0.1, 0.15) is 304 Å². The number of nitrogens with one attached hydrogen (secondary N) is 2. The number of benzene rings is 1. The van der Waals surface area contributed by atoms with Gasteiger partial charge in [0.2, 0.25) is 17.6 Å². The summed E-state index contributed by atoms with van der Waals surface area (Å²) in [5.41, 5.74) is 9.77. The van der Waals surface area contributed by atoms with E-state index >= 15 is 0 Å². The van der Waals surface area contributed by atoms with E-state index < -0.39 is 44.4 Å². The zero-order valence-electron chi connectivity index (χ0n) is 61.8. The first-order valence-corrected chi connectivity index (χ1v) is 43.2. The summed E-state index contributed by atoms with van der Waals surface area (Å²) in [4.78, 5) is 36.9. The average molecular weight is 1330 g/mol. The second-order valence-electron chi connectivity index (χ2n) is 28.8. The molecule has 0 aromatic heterocycles. The predicted molar refractivity (Wildman–Crippen MR) is 390 cm³/mol. The normalized spacial score (nSPS) is 12.8. The van der Waals surface area contributed by atoms with Crippen molar-refractivity contribution in [2.24, 2.45) is 5.73 Å². The molecule has 2 amide bonds. The topological polar surface area (TPSA) is 166 Å². The summed E-state index contributed by atoms with van der Waals surface area (Å²) in [6.45, 7) is 46.1. The van der Waals surface area contributed by atoms with Gasteiger partial charge in [-0.25, -0.2) is 10.0 Å². The zero-order chi connectivity index (χ0) is 67.4. The number of nitrogens with two attached hydrogens (primary N) is 1. The average Bonchev–Trinajstić information content (AvgIpc) is 1.23. The summed E-state index contributed by atoms with van der Waals surface area (Å²) >= 11 is 0. The van der Waals surface area contributed by atoms with E-state index in [1.54, 1.807) is 0 Å². The Kier molecular flexibility index (Phi) is 47.7. The van der Waals surface area contributed by atoms with Gasteiger partial charge in [0.1, 0.15) is 13.2 Å². The molecule has 0 unspecified atom stereocenters. The third-order valence-electron chi connectivity index (χ3n) is 19.4. The monoisotopic (exact) mass is 1320 g/mol. The van der Waals surface area contributed by atoms with E-state index in [1.807, 2.05) is 12.1 Å². The predicted octanol–water partition coefficient (Wildman–Crippen LogP) is 20.0. The van der Waals surface area contributed by atoms with Crippen LogP contribution in [0.4, 0.5) is 0 Å². The molecule has 13 nitrogen and oxygen atoms in total. The molecule has 0 saturated carbocycles. The fraction of sp³-hybridized carbons (Fsp3) is 0.878. The lowest BCUT2D eigenvalue weighted by Gasteiger charge is -2.51.